The molecule has 1 saturated heterocycles. The summed E-state index contributed by atoms with van der Waals surface area (Å²) >= 11 is 0. The van der Waals surface area contributed by atoms with Crippen LogP contribution in [-0.4, -0.2) is 17.9 Å². The van der Waals surface area contributed by atoms with Crippen molar-refractivity contribution < 1.29 is 9.59 Å². The second kappa shape index (κ2) is 11.8. The number of aryl methyl sites for hydroxylation is 1. The van der Waals surface area contributed by atoms with E-state index in [9.17, 15) is 9.59 Å². The molecule has 2 rings (SSSR count). The van der Waals surface area contributed by atoms with Crippen molar-refractivity contribution in [1.29, 1.82) is 0 Å². The molecule has 1 atom stereocenters. The first-order valence-corrected chi connectivity index (χ1v) is 8.29. The first-order valence-electron chi connectivity index (χ1n) is 8.29. The molecule has 0 radical (unpaired) electrons. The third-order valence-corrected chi connectivity index (χ3v) is 2.92. The second-order valence-corrected chi connectivity index (χ2v) is 4.91. The number of rotatable bonds is 3. The molecule has 1 aromatic carbocycles. The molecule has 1 unspecified atom stereocenters. The third-order valence-electron chi connectivity index (χ3n) is 2.92. The number of hydrogen-bond donors (Lipinski definition) is 2. The number of hydrogen-bond acceptors (Lipinski definition) is 3. The van der Waals surface area contributed by atoms with Gasteiger partial charge in [-0.25, -0.2) is 0 Å². The molecule has 4 heteroatoms. The minimum atomic E-state index is -0.306. The summed E-state index contributed by atoms with van der Waals surface area (Å²) in [5, 5.41) is 5.50. The van der Waals surface area contributed by atoms with E-state index in [1.54, 1.807) is 0 Å². The summed E-state index contributed by atoms with van der Waals surface area (Å²) in [5.74, 6) is -0.418. The van der Waals surface area contributed by atoms with Gasteiger partial charge in [0.2, 0.25) is 11.8 Å². The lowest BCUT2D eigenvalue weighted by Gasteiger charge is -2.22. The average molecular weight is 306 g/mol. The van der Waals surface area contributed by atoms with Crippen LogP contribution >= 0.6 is 0 Å². The maximum absolute atomic E-state index is 11.6. The first-order chi connectivity index (χ1) is 10.6. The number of amides is 2. The second-order valence-electron chi connectivity index (χ2n) is 4.91. The number of nitrogens with one attached hydrogen (secondary N) is 2. The molecule has 0 aromatic heterocycles. The van der Waals surface area contributed by atoms with E-state index in [4.69, 9.17) is 0 Å². The Labute approximate surface area is 134 Å². The fourth-order valence-corrected chi connectivity index (χ4v) is 1.91. The van der Waals surface area contributed by atoms with E-state index >= 15 is 0 Å². The van der Waals surface area contributed by atoms with Gasteiger partial charge in [0.1, 0.15) is 6.04 Å². The van der Waals surface area contributed by atoms with Crippen LogP contribution in [0.4, 0.5) is 5.69 Å². The van der Waals surface area contributed by atoms with E-state index < -0.39 is 0 Å². The smallest absolute Gasteiger partial charge is 0.249 e. The summed E-state index contributed by atoms with van der Waals surface area (Å²) < 4.78 is 0. The maximum Gasteiger partial charge on any atom is 0.249 e. The summed E-state index contributed by atoms with van der Waals surface area (Å²) in [4.78, 5) is 22.6. The minimum absolute atomic E-state index is 0.185. The van der Waals surface area contributed by atoms with Gasteiger partial charge < -0.3 is 5.32 Å². The fourth-order valence-electron chi connectivity index (χ4n) is 1.91. The lowest BCUT2D eigenvalue weighted by molar-refractivity contribution is -0.133. The van der Waals surface area contributed by atoms with E-state index in [-0.39, 0.29) is 17.9 Å². The van der Waals surface area contributed by atoms with Gasteiger partial charge in [0.05, 0.1) is 0 Å². The van der Waals surface area contributed by atoms with Crippen LogP contribution in [0.25, 0.3) is 0 Å². The highest BCUT2D eigenvalue weighted by molar-refractivity contribution is 6.01. The van der Waals surface area contributed by atoms with Crippen molar-refractivity contribution in [3.8, 4) is 0 Å². The normalized spacial score (nSPS) is 16.5. The van der Waals surface area contributed by atoms with Crippen LogP contribution in [0, 0.1) is 0 Å². The predicted octanol–water partition coefficient (Wildman–Crippen LogP) is 3.91. The molecule has 0 bridgehead atoms. The standard InChI is InChI=1S/C13H16N2O2.C3H8.C2H6/c1-2-9-4-3-5-10(8-9)14-11-6-7-12(16)15-13(11)17;1-3-2;1-2/h3-5,8,11,14H,2,6-7H2,1H3,(H,15,16,17);3H2,1-2H3;1-2H3. The van der Waals surface area contributed by atoms with Crippen molar-refractivity contribution in [3.05, 3.63) is 29.8 Å². The van der Waals surface area contributed by atoms with Gasteiger partial charge in [0.15, 0.2) is 0 Å². The molecule has 1 aliphatic heterocycles. The van der Waals surface area contributed by atoms with Gasteiger partial charge in [-0.15, -0.1) is 0 Å². The van der Waals surface area contributed by atoms with Crippen molar-refractivity contribution in [2.24, 2.45) is 0 Å². The number of piperidine rings is 1. The minimum Gasteiger partial charge on any atom is -0.374 e. The molecule has 1 heterocycles. The molecule has 0 spiro atoms. The number of carbonyl (C=O) groups is 2. The number of imide groups is 1. The van der Waals surface area contributed by atoms with E-state index in [0.717, 1.165) is 12.1 Å². The molecule has 22 heavy (non-hydrogen) atoms. The van der Waals surface area contributed by atoms with Crippen molar-refractivity contribution in [3.63, 3.8) is 0 Å². The van der Waals surface area contributed by atoms with E-state index in [1.807, 2.05) is 32.0 Å². The summed E-state index contributed by atoms with van der Waals surface area (Å²) in [6.45, 7) is 10.3. The topological polar surface area (TPSA) is 58.2 Å². The van der Waals surface area contributed by atoms with E-state index in [0.29, 0.717) is 12.8 Å². The van der Waals surface area contributed by atoms with Gasteiger partial charge in [0, 0.05) is 12.1 Å². The molecule has 2 N–H and O–H groups in total. The SMILES string of the molecule is CC.CCC.CCc1cccc(NC2CCC(=O)NC2=O)c1. The molecule has 4 nitrogen and oxygen atoms in total. The van der Waals surface area contributed by atoms with Crippen LogP contribution < -0.4 is 10.6 Å². The Balaban J connectivity index is 0.000000789. The molecule has 124 valence electrons. The largest absolute Gasteiger partial charge is 0.374 e. The highest BCUT2D eigenvalue weighted by Crippen LogP contribution is 2.15. The van der Waals surface area contributed by atoms with E-state index in [1.165, 1.54) is 12.0 Å². The van der Waals surface area contributed by atoms with Crippen molar-refractivity contribution in [1.82, 2.24) is 5.32 Å². The Morgan fingerprint density at radius 2 is 1.82 bits per heavy atom. The van der Waals surface area contributed by atoms with Crippen LogP contribution in [0.3, 0.4) is 0 Å². The zero-order valence-electron chi connectivity index (χ0n) is 14.5. The summed E-state index contributed by atoms with van der Waals surface area (Å²) in [6.07, 6.45) is 3.17. The van der Waals surface area contributed by atoms with E-state index in [2.05, 4.69) is 37.5 Å². The average Bonchev–Trinajstić information content (AvgIpc) is 2.53. The highest BCUT2D eigenvalue weighted by Gasteiger charge is 2.26. The number of benzene rings is 1. The summed E-state index contributed by atoms with van der Waals surface area (Å²) in [5.41, 5.74) is 2.15. The Kier molecular flexibility index (Phi) is 10.8. The van der Waals surface area contributed by atoms with Crippen LogP contribution in [0.2, 0.25) is 0 Å². The Morgan fingerprint density at radius 3 is 2.36 bits per heavy atom. The van der Waals surface area contributed by atoms with Crippen LogP contribution in [0.5, 0.6) is 0 Å². The molecule has 2 amide bonds. The van der Waals surface area contributed by atoms with Crippen molar-refractivity contribution in [2.75, 3.05) is 5.32 Å². The quantitative estimate of drug-likeness (QED) is 0.832. The Hall–Kier alpha value is -1.84. The third kappa shape index (κ3) is 7.25. The van der Waals surface area contributed by atoms with Crippen molar-refractivity contribution in [2.45, 2.75) is 66.3 Å². The Morgan fingerprint density at radius 1 is 1.18 bits per heavy atom. The van der Waals surface area contributed by atoms with Crippen LogP contribution in [-0.2, 0) is 16.0 Å². The van der Waals surface area contributed by atoms with Gasteiger partial charge in [-0.2, -0.15) is 0 Å². The van der Waals surface area contributed by atoms with Gasteiger partial charge >= 0.3 is 0 Å². The molecule has 1 aromatic rings. The van der Waals surface area contributed by atoms with Gasteiger partial charge in [0.25, 0.3) is 0 Å². The zero-order chi connectivity index (χ0) is 17.0. The molecular weight excluding hydrogens is 276 g/mol. The van der Waals surface area contributed by atoms with Gasteiger partial charge in [-0.1, -0.05) is 53.2 Å². The molecular formula is C18H30N2O2. The zero-order valence-corrected chi connectivity index (χ0v) is 14.5. The van der Waals surface area contributed by atoms with Crippen LogP contribution in [0.1, 0.15) is 59.4 Å². The summed E-state index contributed by atoms with van der Waals surface area (Å²) in [7, 11) is 0. The lowest BCUT2D eigenvalue weighted by Crippen LogP contribution is -2.47. The number of carbonyl (C=O) groups excluding carboxylic acids is 2. The predicted molar refractivity (Wildman–Crippen MR) is 92.9 cm³/mol. The monoisotopic (exact) mass is 306 g/mol. The number of anilines is 1. The van der Waals surface area contributed by atoms with Crippen molar-refractivity contribution >= 4 is 17.5 Å². The molecule has 1 fully saturated rings. The fraction of sp³-hybridized carbons (Fsp3) is 0.556. The maximum atomic E-state index is 11.6. The van der Waals surface area contributed by atoms with Gasteiger partial charge in [-0.05, 0) is 30.5 Å². The lowest BCUT2D eigenvalue weighted by atomic mass is 10.1. The molecule has 0 saturated carbocycles. The highest BCUT2D eigenvalue weighted by atomic mass is 16.2. The molecule has 0 aliphatic carbocycles. The first kappa shape index (κ1) is 20.2. The van der Waals surface area contributed by atoms with Crippen LogP contribution in [0.15, 0.2) is 24.3 Å². The summed E-state index contributed by atoms with van der Waals surface area (Å²) in [6, 6.07) is 7.68. The Bertz CT molecular complexity index is 458. The molecule has 1 aliphatic rings. The van der Waals surface area contributed by atoms with Gasteiger partial charge in [-0.3, -0.25) is 14.9 Å².